The second-order valence-corrected chi connectivity index (χ2v) is 6.81. The van der Waals surface area contributed by atoms with Crippen LogP contribution in [0.25, 0.3) is 0 Å². The van der Waals surface area contributed by atoms with E-state index in [-0.39, 0.29) is 18.1 Å². The van der Waals surface area contributed by atoms with E-state index in [0.29, 0.717) is 0 Å². The minimum Gasteiger partial charge on any atom is -0.496 e. The van der Waals surface area contributed by atoms with E-state index in [0.717, 1.165) is 50.0 Å². The van der Waals surface area contributed by atoms with Crippen LogP contribution in [0.1, 0.15) is 54.5 Å². The van der Waals surface area contributed by atoms with Crippen molar-refractivity contribution in [2.75, 3.05) is 13.7 Å². The van der Waals surface area contributed by atoms with Gasteiger partial charge in [-0.25, -0.2) is 4.79 Å². The van der Waals surface area contributed by atoms with E-state index in [4.69, 9.17) is 4.74 Å². The van der Waals surface area contributed by atoms with Crippen LogP contribution in [0.3, 0.4) is 0 Å². The van der Waals surface area contributed by atoms with Gasteiger partial charge in [-0.1, -0.05) is 12.1 Å². The van der Waals surface area contributed by atoms with Crippen molar-refractivity contribution >= 4 is 6.03 Å². The van der Waals surface area contributed by atoms with Gasteiger partial charge < -0.3 is 15.0 Å². The summed E-state index contributed by atoms with van der Waals surface area (Å²) < 4.78 is 5.46. The zero-order valence-corrected chi connectivity index (χ0v) is 14.5. The average Bonchev–Trinajstić information content (AvgIpc) is 3.32. The number of nitrogens with zero attached hydrogens (tertiary/aromatic N) is 2. The van der Waals surface area contributed by atoms with Crippen LogP contribution in [0, 0.1) is 0 Å². The third kappa shape index (κ3) is 2.97. The normalized spacial score (nSPS) is 22.5. The Labute approximate surface area is 147 Å². The van der Waals surface area contributed by atoms with Crippen LogP contribution in [0.4, 0.5) is 4.79 Å². The van der Waals surface area contributed by atoms with E-state index in [1.54, 1.807) is 7.11 Å². The van der Waals surface area contributed by atoms with Crippen molar-refractivity contribution in [2.24, 2.45) is 0 Å². The molecule has 132 valence electrons. The Hall–Kier alpha value is -2.50. The summed E-state index contributed by atoms with van der Waals surface area (Å²) in [5.74, 6) is 0.920. The number of hydrogen-bond acceptors (Lipinski definition) is 3. The largest absolute Gasteiger partial charge is 0.496 e. The Kier molecular flexibility index (Phi) is 4.34. The van der Waals surface area contributed by atoms with Crippen LogP contribution < -0.4 is 10.1 Å². The molecule has 1 aliphatic carbocycles. The molecule has 1 fully saturated rings. The van der Waals surface area contributed by atoms with Crippen LogP contribution >= 0.6 is 0 Å². The maximum atomic E-state index is 13.0. The lowest BCUT2D eigenvalue weighted by Gasteiger charge is -2.36. The molecular weight excluding hydrogens is 316 g/mol. The summed E-state index contributed by atoms with van der Waals surface area (Å²) in [6.07, 6.45) is 8.76. The summed E-state index contributed by atoms with van der Waals surface area (Å²) in [5.41, 5.74) is 3.49. The minimum absolute atomic E-state index is 0.0200. The summed E-state index contributed by atoms with van der Waals surface area (Å²) >= 11 is 0. The van der Waals surface area contributed by atoms with E-state index < -0.39 is 0 Å². The lowest BCUT2D eigenvalue weighted by molar-refractivity contribution is 0.148. The van der Waals surface area contributed by atoms with Crippen molar-refractivity contribution in [2.45, 2.75) is 44.2 Å². The molecule has 2 heterocycles. The molecule has 2 aliphatic rings. The fraction of sp³-hybridized carbons (Fsp3) is 0.474. The predicted octanol–water partition coefficient (Wildman–Crippen LogP) is 3.34. The van der Waals surface area contributed by atoms with Gasteiger partial charge in [-0.05, 0) is 49.3 Å². The van der Waals surface area contributed by atoms with Crippen molar-refractivity contribution in [3.8, 4) is 5.75 Å². The quantitative estimate of drug-likeness (QED) is 0.900. The molecule has 0 saturated carbocycles. The Morgan fingerprint density at radius 1 is 1.36 bits per heavy atom. The summed E-state index contributed by atoms with van der Waals surface area (Å²) in [7, 11) is 1.70. The lowest BCUT2D eigenvalue weighted by Crippen LogP contribution is -2.45. The standard InChI is InChI=1S/C19H24N4O2/c1-25-18-7-4-5-14-15(18)8-9-16(14)22-19(24)23-10-3-2-6-17(23)13-11-20-21-12-13/h4-5,7,11-12,16-17H,2-3,6,8-10H2,1H3,(H,20,21)(H,22,24)/t16-,17-/m1/s1. The first-order valence-corrected chi connectivity index (χ1v) is 8.99. The highest BCUT2D eigenvalue weighted by Gasteiger charge is 2.32. The smallest absolute Gasteiger partial charge is 0.318 e. The van der Waals surface area contributed by atoms with Gasteiger partial charge >= 0.3 is 6.03 Å². The number of urea groups is 1. The van der Waals surface area contributed by atoms with Gasteiger partial charge in [0, 0.05) is 18.3 Å². The molecule has 0 unspecified atom stereocenters. The molecule has 0 spiro atoms. The third-order valence-corrected chi connectivity index (χ3v) is 5.41. The Balaban J connectivity index is 1.51. The number of likely N-dealkylation sites (tertiary alicyclic amines) is 1. The number of fused-ring (bicyclic) bond motifs is 1. The SMILES string of the molecule is COc1cccc2c1CC[C@H]2NC(=O)N1CCCC[C@@H]1c1cn[nH]c1. The Morgan fingerprint density at radius 2 is 2.28 bits per heavy atom. The lowest BCUT2D eigenvalue weighted by atomic mass is 9.98. The maximum Gasteiger partial charge on any atom is 0.318 e. The topological polar surface area (TPSA) is 70.2 Å². The number of methoxy groups -OCH3 is 1. The van der Waals surface area contributed by atoms with Gasteiger partial charge in [0.05, 0.1) is 25.4 Å². The first-order chi connectivity index (χ1) is 12.3. The molecular formula is C19H24N4O2. The predicted molar refractivity (Wildman–Crippen MR) is 94.5 cm³/mol. The van der Waals surface area contributed by atoms with Gasteiger partial charge in [0.15, 0.2) is 0 Å². The van der Waals surface area contributed by atoms with E-state index in [2.05, 4.69) is 21.6 Å². The van der Waals surface area contributed by atoms with E-state index in [1.165, 1.54) is 11.1 Å². The summed E-state index contributed by atoms with van der Waals surface area (Å²) in [4.78, 5) is 14.9. The molecule has 2 aromatic rings. The van der Waals surface area contributed by atoms with Gasteiger partial charge in [-0.3, -0.25) is 5.10 Å². The number of carbonyl (C=O) groups excluding carboxylic acids is 1. The van der Waals surface area contributed by atoms with Crippen LogP contribution in [0.15, 0.2) is 30.6 Å². The molecule has 6 heteroatoms. The molecule has 2 atom stereocenters. The van der Waals surface area contributed by atoms with Crippen LogP contribution in [0.5, 0.6) is 5.75 Å². The molecule has 4 rings (SSSR count). The molecule has 2 amide bonds. The monoisotopic (exact) mass is 340 g/mol. The molecule has 0 bridgehead atoms. The number of H-pyrrole nitrogens is 1. The first kappa shape index (κ1) is 16.0. The van der Waals surface area contributed by atoms with Crippen LogP contribution in [0.2, 0.25) is 0 Å². The molecule has 25 heavy (non-hydrogen) atoms. The van der Waals surface area contributed by atoms with Gasteiger partial charge in [-0.2, -0.15) is 5.10 Å². The molecule has 0 radical (unpaired) electrons. The minimum atomic E-state index is 0.0200. The Bertz CT molecular complexity index is 744. The molecule has 6 nitrogen and oxygen atoms in total. The Morgan fingerprint density at radius 3 is 3.08 bits per heavy atom. The highest BCUT2D eigenvalue weighted by atomic mass is 16.5. The van der Waals surface area contributed by atoms with Crippen molar-refractivity contribution < 1.29 is 9.53 Å². The summed E-state index contributed by atoms with van der Waals surface area (Å²) in [5, 5.41) is 10.2. The number of ether oxygens (including phenoxy) is 1. The molecule has 1 aliphatic heterocycles. The second kappa shape index (κ2) is 6.78. The zero-order valence-electron chi connectivity index (χ0n) is 14.5. The summed E-state index contributed by atoms with van der Waals surface area (Å²) in [6.45, 7) is 0.791. The number of rotatable bonds is 3. The number of hydrogen-bond donors (Lipinski definition) is 2. The zero-order chi connectivity index (χ0) is 17.2. The fourth-order valence-electron chi connectivity index (χ4n) is 4.16. The second-order valence-electron chi connectivity index (χ2n) is 6.81. The van der Waals surface area contributed by atoms with Gasteiger partial charge in [0.25, 0.3) is 0 Å². The van der Waals surface area contributed by atoms with Crippen molar-refractivity contribution in [3.63, 3.8) is 0 Å². The number of aromatic amines is 1. The van der Waals surface area contributed by atoms with Crippen LogP contribution in [-0.2, 0) is 6.42 Å². The van der Waals surface area contributed by atoms with Crippen molar-refractivity contribution in [1.29, 1.82) is 0 Å². The number of aromatic nitrogens is 2. The number of benzene rings is 1. The molecule has 1 aromatic heterocycles. The summed E-state index contributed by atoms with van der Waals surface area (Å²) in [6, 6.07) is 6.27. The molecule has 1 aromatic carbocycles. The maximum absolute atomic E-state index is 13.0. The highest BCUT2D eigenvalue weighted by Crippen LogP contribution is 2.37. The number of carbonyl (C=O) groups is 1. The number of amides is 2. The highest BCUT2D eigenvalue weighted by molar-refractivity contribution is 5.75. The van der Waals surface area contributed by atoms with E-state index in [1.807, 2.05) is 29.4 Å². The van der Waals surface area contributed by atoms with Gasteiger partial charge in [-0.15, -0.1) is 0 Å². The van der Waals surface area contributed by atoms with E-state index >= 15 is 0 Å². The van der Waals surface area contributed by atoms with Gasteiger partial charge in [0.2, 0.25) is 0 Å². The first-order valence-electron chi connectivity index (χ1n) is 8.99. The van der Waals surface area contributed by atoms with Gasteiger partial charge in [0.1, 0.15) is 5.75 Å². The third-order valence-electron chi connectivity index (χ3n) is 5.41. The van der Waals surface area contributed by atoms with Crippen molar-refractivity contribution in [3.05, 3.63) is 47.3 Å². The van der Waals surface area contributed by atoms with E-state index in [9.17, 15) is 4.79 Å². The fourth-order valence-corrected chi connectivity index (χ4v) is 4.16. The van der Waals surface area contributed by atoms with Crippen molar-refractivity contribution in [1.82, 2.24) is 20.4 Å². The molecule has 2 N–H and O–H groups in total. The average molecular weight is 340 g/mol. The number of piperidine rings is 1. The molecule has 1 saturated heterocycles. The number of nitrogens with one attached hydrogen (secondary N) is 2. The van der Waals surface area contributed by atoms with Crippen LogP contribution in [-0.4, -0.2) is 34.8 Å².